The van der Waals surface area contributed by atoms with Gasteiger partial charge in [0.1, 0.15) is 0 Å². The number of fused-ring (bicyclic) bond motifs is 10. The Morgan fingerprint density at radius 1 is 0.587 bits per heavy atom. The summed E-state index contributed by atoms with van der Waals surface area (Å²) >= 11 is 1.85. The van der Waals surface area contributed by atoms with Crippen LogP contribution in [0.4, 0.5) is 0 Å². The molecular weight excluding hydrogens is 575 g/mol. The zero-order chi connectivity index (χ0) is 30.8. The molecule has 0 spiro atoms. The number of hydrogen-bond acceptors (Lipinski definition) is 2. The zero-order valence-corrected chi connectivity index (χ0v) is 26.2. The maximum absolute atomic E-state index is 4.59. The summed E-state index contributed by atoms with van der Waals surface area (Å²) in [4.78, 5) is 4.59. The maximum Gasteiger partial charge on any atom is 0.0737 e. The summed E-state index contributed by atoms with van der Waals surface area (Å²) in [6.45, 7) is 6.55. The summed E-state index contributed by atoms with van der Waals surface area (Å²) in [5, 5.41) is 11.6. The maximum atomic E-state index is 4.59. The zero-order valence-electron chi connectivity index (χ0n) is 25.4. The van der Waals surface area contributed by atoms with Crippen LogP contribution in [0.3, 0.4) is 0 Å². The van der Waals surface area contributed by atoms with E-state index in [1.54, 1.807) is 0 Å². The average Bonchev–Trinajstić information content (AvgIpc) is 3.48. The first-order valence-corrected chi connectivity index (χ1v) is 16.5. The van der Waals surface area contributed by atoms with Gasteiger partial charge in [-0.15, -0.1) is 11.3 Å². The molecule has 2 heteroatoms. The fourth-order valence-electron chi connectivity index (χ4n) is 7.02. The standard InChI is InChI=1S/C44H29NS/c1-27(13-14-29-15-16-30-8-7-23-45-44(30)28(29)2)31-17-21-39-40-22-19-33(26-43(40)46-42(39)25-31)32-18-20-38-36-11-4-3-9-34(36)35-10-5-6-12-37(35)41(38)24-32/h3-26H,1H2,2H3/b14-13-. The van der Waals surface area contributed by atoms with Crippen LogP contribution in [0.25, 0.3) is 86.2 Å². The summed E-state index contributed by atoms with van der Waals surface area (Å²) in [5.74, 6) is 0. The Morgan fingerprint density at radius 2 is 1.20 bits per heavy atom. The Hall–Kier alpha value is -5.57. The lowest BCUT2D eigenvalue weighted by Crippen LogP contribution is -1.87. The molecule has 0 N–H and O–H groups in total. The summed E-state index contributed by atoms with van der Waals surface area (Å²) in [6.07, 6.45) is 6.13. The predicted octanol–water partition coefficient (Wildman–Crippen LogP) is 12.8. The fraction of sp³-hybridized carbons (Fsp3) is 0.0227. The van der Waals surface area contributed by atoms with Gasteiger partial charge in [0.25, 0.3) is 0 Å². The SMILES string of the molecule is C=C(/C=C\c1ccc2cccnc2c1C)c1ccc2c(c1)sc1cc(-c3ccc4c5ccccc5c5ccccc5c4c3)ccc12. The lowest BCUT2D eigenvalue weighted by atomic mass is 9.92. The van der Waals surface area contributed by atoms with E-state index >= 15 is 0 Å². The molecule has 0 unspecified atom stereocenters. The van der Waals surface area contributed by atoms with E-state index in [0.29, 0.717) is 0 Å². The van der Waals surface area contributed by atoms with Crippen molar-refractivity contribution in [2.45, 2.75) is 6.92 Å². The third kappa shape index (κ3) is 4.26. The second-order valence-electron chi connectivity index (χ2n) is 12.1. The number of thiophene rings is 1. The van der Waals surface area contributed by atoms with Crippen molar-refractivity contribution in [3.8, 4) is 11.1 Å². The fourth-order valence-corrected chi connectivity index (χ4v) is 8.20. The van der Waals surface area contributed by atoms with Gasteiger partial charge in [0, 0.05) is 31.8 Å². The first-order valence-electron chi connectivity index (χ1n) is 15.6. The van der Waals surface area contributed by atoms with E-state index in [1.165, 1.54) is 69.2 Å². The van der Waals surface area contributed by atoms with E-state index in [9.17, 15) is 0 Å². The van der Waals surface area contributed by atoms with Gasteiger partial charge in [-0.3, -0.25) is 4.98 Å². The first-order chi connectivity index (χ1) is 22.6. The van der Waals surface area contributed by atoms with Crippen molar-refractivity contribution in [2.75, 3.05) is 0 Å². The van der Waals surface area contributed by atoms with E-state index in [2.05, 4.69) is 152 Å². The van der Waals surface area contributed by atoms with Crippen LogP contribution < -0.4 is 0 Å². The van der Waals surface area contributed by atoms with Gasteiger partial charge in [0.05, 0.1) is 5.52 Å². The van der Waals surface area contributed by atoms with Crippen LogP contribution in [0.5, 0.6) is 0 Å². The van der Waals surface area contributed by atoms with Crippen LogP contribution >= 0.6 is 11.3 Å². The molecule has 0 saturated heterocycles. The molecule has 9 aromatic rings. The third-order valence-electron chi connectivity index (χ3n) is 9.46. The molecule has 2 heterocycles. The van der Waals surface area contributed by atoms with Crippen molar-refractivity contribution < 1.29 is 0 Å². The molecule has 0 radical (unpaired) electrons. The molecule has 0 bridgehead atoms. The minimum atomic E-state index is 0.997. The molecule has 216 valence electrons. The number of benzene rings is 7. The second kappa shape index (κ2) is 10.5. The highest BCUT2D eigenvalue weighted by Crippen LogP contribution is 2.40. The summed E-state index contributed by atoms with van der Waals surface area (Å²) in [7, 11) is 0. The Bertz CT molecular complexity index is 2690. The number of aromatic nitrogens is 1. The van der Waals surface area contributed by atoms with Gasteiger partial charge in [-0.05, 0) is 96.9 Å². The van der Waals surface area contributed by atoms with Crippen LogP contribution in [0.1, 0.15) is 16.7 Å². The van der Waals surface area contributed by atoms with Crippen molar-refractivity contribution in [3.05, 3.63) is 163 Å². The van der Waals surface area contributed by atoms with Gasteiger partial charge < -0.3 is 0 Å². The lowest BCUT2D eigenvalue weighted by molar-refractivity contribution is 1.36. The van der Waals surface area contributed by atoms with Gasteiger partial charge in [0.15, 0.2) is 0 Å². The highest BCUT2D eigenvalue weighted by Gasteiger charge is 2.12. The average molecular weight is 604 g/mol. The van der Waals surface area contributed by atoms with Crippen molar-refractivity contribution in [3.63, 3.8) is 0 Å². The van der Waals surface area contributed by atoms with E-state index < -0.39 is 0 Å². The number of allylic oxidation sites excluding steroid dienone is 2. The number of hydrogen-bond donors (Lipinski definition) is 0. The van der Waals surface area contributed by atoms with E-state index in [-0.39, 0.29) is 0 Å². The van der Waals surface area contributed by atoms with Gasteiger partial charge in [-0.25, -0.2) is 0 Å². The van der Waals surface area contributed by atoms with Crippen molar-refractivity contribution in [2.24, 2.45) is 0 Å². The molecule has 0 fully saturated rings. The molecule has 0 saturated carbocycles. The molecule has 0 aliphatic heterocycles. The first kappa shape index (κ1) is 26.8. The van der Waals surface area contributed by atoms with E-state index in [0.717, 1.165) is 27.6 Å². The molecule has 7 aromatic carbocycles. The van der Waals surface area contributed by atoms with Crippen molar-refractivity contribution in [1.29, 1.82) is 0 Å². The van der Waals surface area contributed by atoms with Gasteiger partial charge in [-0.1, -0.05) is 122 Å². The minimum absolute atomic E-state index is 0.997. The molecule has 0 atom stereocenters. The van der Waals surface area contributed by atoms with Gasteiger partial charge in [-0.2, -0.15) is 0 Å². The normalized spacial score (nSPS) is 12.0. The summed E-state index contributed by atoms with van der Waals surface area (Å²) < 4.78 is 2.58. The third-order valence-corrected chi connectivity index (χ3v) is 10.6. The molecular formula is C44H29NS. The Labute approximate surface area is 271 Å². The Morgan fingerprint density at radius 3 is 1.93 bits per heavy atom. The predicted molar refractivity (Wildman–Crippen MR) is 202 cm³/mol. The minimum Gasteiger partial charge on any atom is -0.256 e. The van der Waals surface area contributed by atoms with Crippen LogP contribution in [-0.2, 0) is 0 Å². The van der Waals surface area contributed by atoms with E-state index in [1.807, 2.05) is 23.6 Å². The molecule has 9 rings (SSSR count). The topological polar surface area (TPSA) is 12.9 Å². The van der Waals surface area contributed by atoms with E-state index in [4.69, 9.17) is 0 Å². The highest BCUT2D eigenvalue weighted by molar-refractivity contribution is 7.25. The Kier molecular flexibility index (Phi) is 6.12. The molecule has 0 aliphatic rings. The van der Waals surface area contributed by atoms with Gasteiger partial charge in [0.2, 0.25) is 0 Å². The molecule has 1 nitrogen and oxygen atoms in total. The molecule has 46 heavy (non-hydrogen) atoms. The molecule has 0 amide bonds. The summed E-state index contributed by atoms with van der Waals surface area (Å²) in [6, 6.07) is 46.5. The Balaban J connectivity index is 1.08. The van der Waals surface area contributed by atoms with Crippen molar-refractivity contribution in [1.82, 2.24) is 4.98 Å². The largest absolute Gasteiger partial charge is 0.256 e. The lowest BCUT2D eigenvalue weighted by Gasteiger charge is -2.12. The number of nitrogens with zero attached hydrogens (tertiary/aromatic N) is 1. The molecule has 2 aromatic heterocycles. The summed E-state index contributed by atoms with van der Waals surface area (Å²) in [5.41, 5.74) is 8.02. The number of pyridine rings is 1. The second-order valence-corrected chi connectivity index (χ2v) is 13.2. The van der Waals surface area contributed by atoms with Crippen LogP contribution in [0, 0.1) is 6.92 Å². The monoisotopic (exact) mass is 603 g/mol. The van der Waals surface area contributed by atoms with Gasteiger partial charge >= 0.3 is 0 Å². The number of aryl methyl sites for hydroxylation is 1. The molecule has 0 aliphatic carbocycles. The van der Waals surface area contributed by atoms with Crippen LogP contribution in [0.2, 0.25) is 0 Å². The van der Waals surface area contributed by atoms with Crippen molar-refractivity contribution >= 4 is 86.4 Å². The highest BCUT2D eigenvalue weighted by atomic mass is 32.1. The van der Waals surface area contributed by atoms with Crippen LogP contribution in [-0.4, -0.2) is 4.98 Å². The number of rotatable bonds is 4. The quantitative estimate of drug-likeness (QED) is 0.144. The van der Waals surface area contributed by atoms with Crippen LogP contribution in [0.15, 0.2) is 146 Å². The smallest absolute Gasteiger partial charge is 0.0737 e.